The second kappa shape index (κ2) is 5.70. The van der Waals surface area contributed by atoms with Crippen LogP contribution in [0.3, 0.4) is 0 Å². The van der Waals surface area contributed by atoms with Crippen LogP contribution in [0.15, 0.2) is 18.2 Å². The van der Waals surface area contributed by atoms with E-state index in [1.54, 1.807) is 12.1 Å². The number of aromatic nitrogens is 2. The van der Waals surface area contributed by atoms with Crippen molar-refractivity contribution in [3.05, 3.63) is 29.8 Å². The van der Waals surface area contributed by atoms with Crippen molar-refractivity contribution in [3.63, 3.8) is 0 Å². The third-order valence-electron chi connectivity index (χ3n) is 3.04. The van der Waals surface area contributed by atoms with Gasteiger partial charge in [-0.05, 0) is 30.5 Å². The van der Waals surface area contributed by atoms with Gasteiger partial charge in [0.2, 0.25) is 0 Å². The first-order valence-electron chi connectivity index (χ1n) is 6.32. The lowest BCUT2D eigenvalue weighted by molar-refractivity contribution is 0.513. The third-order valence-corrected chi connectivity index (χ3v) is 3.23. The second-order valence-corrected chi connectivity index (χ2v) is 5.31. The molecule has 0 aliphatic carbocycles. The number of hydrogen-bond donors (Lipinski definition) is 0. The molecule has 0 radical (unpaired) electrons. The van der Waals surface area contributed by atoms with E-state index in [-0.39, 0.29) is 5.82 Å². The molecule has 0 saturated heterocycles. The number of nitrogens with zero attached hydrogens (tertiary/aromatic N) is 2. The minimum Gasteiger partial charge on any atom is -0.328 e. The largest absolute Gasteiger partial charge is 0.328 e. The molecule has 2 nitrogen and oxygen atoms in total. The number of aryl methyl sites for hydroxylation is 2. The van der Waals surface area contributed by atoms with Crippen molar-refractivity contribution in [2.45, 2.75) is 33.2 Å². The van der Waals surface area contributed by atoms with Crippen LogP contribution in [0.5, 0.6) is 0 Å². The molecule has 0 atom stereocenters. The molecule has 0 fully saturated rings. The molecule has 0 amide bonds. The van der Waals surface area contributed by atoms with Crippen LogP contribution in [0, 0.1) is 11.7 Å². The molecule has 4 heteroatoms. The number of alkyl halides is 1. The zero-order chi connectivity index (χ0) is 13.1. The maximum atomic E-state index is 13.3. The SMILES string of the molecule is CC(C)CCn1c(CCCl)nc2ccc(F)cc21. The Labute approximate surface area is 112 Å². The lowest BCUT2D eigenvalue weighted by Gasteiger charge is -2.10. The van der Waals surface area contributed by atoms with Gasteiger partial charge >= 0.3 is 0 Å². The smallest absolute Gasteiger partial charge is 0.125 e. The van der Waals surface area contributed by atoms with Crippen molar-refractivity contribution >= 4 is 22.6 Å². The number of benzene rings is 1. The van der Waals surface area contributed by atoms with Gasteiger partial charge < -0.3 is 4.57 Å². The van der Waals surface area contributed by atoms with Crippen molar-refractivity contribution in [2.75, 3.05) is 5.88 Å². The van der Waals surface area contributed by atoms with Crippen molar-refractivity contribution in [1.29, 1.82) is 0 Å². The van der Waals surface area contributed by atoms with Crippen molar-refractivity contribution in [1.82, 2.24) is 9.55 Å². The highest BCUT2D eigenvalue weighted by Gasteiger charge is 2.11. The van der Waals surface area contributed by atoms with Gasteiger partial charge in [-0.2, -0.15) is 0 Å². The van der Waals surface area contributed by atoms with Crippen LogP contribution in [0.4, 0.5) is 4.39 Å². The molecular weight excluding hydrogens is 251 g/mol. The molecule has 98 valence electrons. The van der Waals surface area contributed by atoms with Gasteiger partial charge in [-0.25, -0.2) is 9.37 Å². The van der Waals surface area contributed by atoms with E-state index in [0.29, 0.717) is 11.8 Å². The van der Waals surface area contributed by atoms with Crippen LogP contribution in [0.25, 0.3) is 11.0 Å². The molecule has 1 aromatic carbocycles. The minimum absolute atomic E-state index is 0.217. The molecule has 0 N–H and O–H groups in total. The summed E-state index contributed by atoms with van der Waals surface area (Å²) >= 11 is 5.80. The molecule has 2 aromatic rings. The standard InChI is InChI=1S/C14H18ClFN2/c1-10(2)6-8-18-13-9-11(16)3-4-12(13)17-14(18)5-7-15/h3-4,9-10H,5-8H2,1-2H3. The summed E-state index contributed by atoms with van der Waals surface area (Å²) in [4.78, 5) is 4.53. The molecule has 0 unspecified atom stereocenters. The van der Waals surface area contributed by atoms with Gasteiger partial charge in [0, 0.05) is 18.8 Å². The van der Waals surface area contributed by atoms with E-state index < -0.39 is 0 Å². The molecule has 0 saturated carbocycles. The topological polar surface area (TPSA) is 17.8 Å². The second-order valence-electron chi connectivity index (χ2n) is 4.93. The van der Waals surface area contributed by atoms with Crippen molar-refractivity contribution in [2.24, 2.45) is 5.92 Å². The van der Waals surface area contributed by atoms with Gasteiger partial charge in [0.25, 0.3) is 0 Å². The summed E-state index contributed by atoms with van der Waals surface area (Å²) in [7, 11) is 0. The van der Waals surface area contributed by atoms with E-state index >= 15 is 0 Å². The van der Waals surface area contributed by atoms with Crippen molar-refractivity contribution < 1.29 is 4.39 Å². The van der Waals surface area contributed by atoms with E-state index in [9.17, 15) is 4.39 Å². The van der Waals surface area contributed by atoms with E-state index in [1.165, 1.54) is 6.07 Å². The van der Waals surface area contributed by atoms with Gasteiger partial charge in [-0.15, -0.1) is 11.6 Å². The first-order chi connectivity index (χ1) is 8.61. The van der Waals surface area contributed by atoms with Gasteiger partial charge in [-0.1, -0.05) is 13.8 Å². The first-order valence-corrected chi connectivity index (χ1v) is 6.86. The highest BCUT2D eigenvalue weighted by atomic mass is 35.5. The fraction of sp³-hybridized carbons (Fsp3) is 0.500. The Bertz CT molecular complexity index is 534. The Balaban J connectivity index is 2.43. The molecule has 0 aliphatic heterocycles. The zero-order valence-electron chi connectivity index (χ0n) is 10.8. The molecule has 2 rings (SSSR count). The fourth-order valence-electron chi connectivity index (χ4n) is 2.06. The Morgan fingerprint density at radius 1 is 1.39 bits per heavy atom. The summed E-state index contributed by atoms with van der Waals surface area (Å²) in [5.41, 5.74) is 1.72. The van der Waals surface area contributed by atoms with Crippen molar-refractivity contribution in [3.8, 4) is 0 Å². The summed E-state index contributed by atoms with van der Waals surface area (Å²) in [6.07, 6.45) is 1.77. The van der Waals surface area contributed by atoms with Crippen LogP contribution in [-0.4, -0.2) is 15.4 Å². The summed E-state index contributed by atoms with van der Waals surface area (Å²) in [5.74, 6) is 1.88. The molecule has 1 aromatic heterocycles. The summed E-state index contributed by atoms with van der Waals surface area (Å²) in [5, 5.41) is 0. The van der Waals surface area contributed by atoms with E-state index in [2.05, 4.69) is 23.4 Å². The lowest BCUT2D eigenvalue weighted by atomic mass is 10.1. The summed E-state index contributed by atoms with van der Waals surface area (Å²) < 4.78 is 15.4. The predicted molar refractivity (Wildman–Crippen MR) is 73.6 cm³/mol. The number of rotatable bonds is 5. The Kier molecular flexibility index (Phi) is 4.23. The first kappa shape index (κ1) is 13.3. The van der Waals surface area contributed by atoms with Gasteiger partial charge in [0.05, 0.1) is 11.0 Å². The fourth-order valence-corrected chi connectivity index (χ4v) is 2.23. The maximum Gasteiger partial charge on any atom is 0.125 e. The van der Waals surface area contributed by atoms with Gasteiger partial charge in [0.1, 0.15) is 11.6 Å². The number of hydrogen-bond acceptors (Lipinski definition) is 1. The molecule has 0 spiro atoms. The zero-order valence-corrected chi connectivity index (χ0v) is 11.5. The third kappa shape index (κ3) is 2.83. The summed E-state index contributed by atoms with van der Waals surface area (Å²) in [6, 6.07) is 4.74. The Morgan fingerprint density at radius 3 is 2.83 bits per heavy atom. The van der Waals surface area contributed by atoms with E-state index in [0.717, 1.165) is 36.2 Å². The van der Waals surface area contributed by atoms with E-state index in [4.69, 9.17) is 11.6 Å². The lowest BCUT2D eigenvalue weighted by Crippen LogP contribution is -2.07. The number of fused-ring (bicyclic) bond motifs is 1. The summed E-state index contributed by atoms with van der Waals surface area (Å²) in [6.45, 7) is 5.23. The average molecular weight is 269 g/mol. The van der Waals surface area contributed by atoms with Gasteiger partial charge in [-0.3, -0.25) is 0 Å². The molecule has 18 heavy (non-hydrogen) atoms. The molecule has 1 heterocycles. The highest BCUT2D eigenvalue weighted by Crippen LogP contribution is 2.19. The van der Waals surface area contributed by atoms with Crippen LogP contribution < -0.4 is 0 Å². The minimum atomic E-state index is -0.217. The van der Waals surface area contributed by atoms with Gasteiger partial charge in [0.15, 0.2) is 0 Å². The van der Waals surface area contributed by atoms with Crippen LogP contribution >= 0.6 is 11.6 Å². The monoisotopic (exact) mass is 268 g/mol. The quantitative estimate of drug-likeness (QED) is 0.750. The molecule has 0 aliphatic rings. The van der Waals surface area contributed by atoms with Crippen LogP contribution in [0.1, 0.15) is 26.1 Å². The van der Waals surface area contributed by atoms with Crippen LogP contribution in [0.2, 0.25) is 0 Å². The maximum absolute atomic E-state index is 13.3. The van der Waals surface area contributed by atoms with Crippen LogP contribution in [-0.2, 0) is 13.0 Å². The predicted octanol–water partition coefficient (Wildman–Crippen LogP) is 4.00. The number of halogens is 2. The molecule has 0 bridgehead atoms. The highest BCUT2D eigenvalue weighted by molar-refractivity contribution is 6.17. The normalized spacial score (nSPS) is 11.6. The number of imidazole rings is 1. The molecular formula is C14H18ClFN2. The average Bonchev–Trinajstić information content (AvgIpc) is 2.64. The Morgan fingerprint density at radius 2 is 2.17 bits per heavy atom. The Hall–Kier alpha value is -1.09. The van der Waals surface area contributed by atoms with E-state index in [1.807, 2.05) is 0 Å².